The quantitative estimate of drug-likeness (QED) is 0.650. The lowest BCUT2D eigenvalue weighted by Crippen LogP contribution is -2.35. The molecule has 102 valence electrons. The topological polar surface area (TPSA) is 52.5 Å². The standard InChI is InChI=1S/C15H25NO2/c1-4-14(16-8-5-9-17)15(18)13-7-6-11(2)12(3)10-13/h6-7,10,14-18H,4-5,8-9H2,1-3H3. The molecule has 0 bridgehead atoms. The molecule has 0 aliphatic carbocycles. The minimum absolute atomic E-state index is 0.0404. The molecule has 2 atom stereocenters. The van der Waals surface area contributed by atoms with Gasteiger partial charge in [-0.25, -0.2) is 0 Å². The lowest BCUT2D eigenvalue weighted by molar-refractivity contribution is 0.124. The van der Waals surface area contributed by atoms with E-state index >= 15 is 0 Å². The van der Waals surface area contributed by atoms with Crippen molar-refractivity contribution in [3.8, 4) is 0 Å². The highest BCUT2D eigenvalue weighted by Gasteiger charge is 2.18. The van der Waals surface area contributed by atoms with Crippen LogP contribution in [-0.4, -0.2) is 29.4 Å². The lowest BCUT2D eigenvalue weighted by atomic mass is 9.97. The summed E-state index contributed by atoms with van der Waals surface area (Å²) >= 11 is 0. The molecule has 3 N–H and O–H groups in total. The van der Waals surface area contributed by atoms with Crippen molar-refractivity contribution in [2.24, 2.45) is 0 Å². The van der Waals surface area contributed by atoms with Gasteiger partial charge in [0.2, 0.25) is 0 Å². The molecule has 0 saturated heterocycles. The summed E-state index contributed by atoms with van der Waals surface area (Å²) in [6.45, 7) is 7.11. The van der Waals surface area contributed by atoms with E-state index in [1.54, 1.807) is 0 Å². The average molecular weight is 251 g/mol. The number of hydrogen-bond donors (Lipinski definition) is 3. The molecule has 18 heavy (non-hydrogen) atoms. The molecule has 0 fully saturated rings. The highest BCUT2D eigenvalue weighted by atomic mass is 16.3. The average Bonchev–Trinajstić information content (AvgIpc) is 2.37. The zero-order valence-corrected chi connectivity index (χ0v) is 11.6. The molecule has 1 aromatic rings. The van der Waals surface area contributed by atoms with E-state index in [0.29, 0.717) is 0 Å². The predicted octanol–water partition coefficient (Wildman–Crippen LogP) is 2.09. The Bertz CT molecular complexity index is 366. The summed E-state index contributed by atoms with van der Waals surface area (Å²) in [5.41, 5.74) is 3.41. The van der Waals surface area contributed by atoms with Crippen molar-refractivity contribution in [2.45, 2.75) is 45.8 Å². The number of benzene rings is 1. The second-order valence-electron chi connectivity index (χ2n) is 4.83. The third-order valence-corrected chi connectivity index (χ3v) is 3.43. The van der Waals surface area contributed by atoms with Crippen LogP contribution < -0.4 is 5.32 Å². The van der Waals surface area contributed by atoms with Gasteiger partial charge in [-0.1, -0.05) is 25.1 Å². The number of hydrogen-bond acceptors (Lipinski definition) is 3. The monoisotopic (exact) mass is 251 g/mol. The fraction of sp³-hybridized carbons (Fsp3) is 0.600. The van der Waals surface area contributed by atoms with Gasteiger partial charge in [-0.3, -0.25) is 0 Å². The first kappa shape index (κ1) is 15.2. The molecule has 0 aliphatic heterocycles. The van der Waals surface area contributed by atoms with E-state index in [9.17, 15) is 5.11 Å². The van der Waals surface area contributed by atoms with E-state index in [-0.39, 0.29) is 12.6 Å². The number of aryl methyl sites for hydroxylation is 2. The summed E-state index contributed by atoms with van der Waals surface area (Å²) in [5.74, 6) is 0. The highest BCUT2D eigenvalue weighted by molar-refractivity contribution is 5.31. The summed E-state index contributed by atoms with van der Waals surface area (Å²) in [5, 5.41) is 22.4. The molecule has 0 spiro atoms. The van der Waals surface area contributed by atoms with Crippen LogP contribution in [0.25, 0.3) is 0 Å². The Morgan fingerprint density at radius 3 is 2.50 bits per heavy atom. The zero-order chi connectivity index (χ0) is 13.5. The number of aliphatic hydroxyl groups excluding tert-OH is 2. The molecule has 3 nitrogen and oxygen atoms in total. The molecule has 1 aromatic carbocycles. The summed E-state index contributed by atoms with van der Waals surface area (Å²) in [6.07, 6.45) is 1.09. The van der Waals surface area contributed by atoms with E-state index in [4.69, 9.17) is 5.11 Å². The van der Waals surface area contributed by atoms with Crippen LogP contribution in [0, 0.1) is 13.8 Å². The van der Waals surface area contributed by atoms with E-state index in [1.165, 1.54) is 11.1 Å². The van der Waals surface area contributed by atoms with Crippen LogP contribution in [0.5, 0.6) is 0 Å². The van der Waals surface area contributed by atoms with Crippen LogP contribution in [0.3, 0.4) is 0 Å². The summed E-state index contributed by atoms with van der Waals surface area (Å²) in [6, 6.07) is 6.13. The number of nitrogens with one attached hydrogen (secondary N) is 1. The van der Waals surface area contributed by atoms with Crippen molar-refractivity contribution in [3.63, 3.8) is 0 Å². The normalized spacial score (nSPS) is 14.5. The Kier molecular flexibility index (Phi) is 6.33. The van der Waals surface area contributed by atoms with Gasteiger partial charge in [0.05, 0.1) is 6.10 Å². The molecule has 0 heterocycles. The fourth-order valence-electron chi connectivity index (χ4n) is 2.03. The van der Waals surface area contributed by atoms with Crippen LogP contribution >= 0.6 is 0 Å². The Labute approximate surface area is 110 Å². The van der Waals surface area contributed by atoms with Gasteiger partial charge in [0, 0.05) is 12.6 Å². The molecule has 0 radical (unpaired) electrons. The molecule has 3 heteroatoms. The largest absolute Gasteiger partial charge is 0.396 e. The molecule has 1 rings (SSSR count). The maximum atomic E-state index is 10.4. The molecule has 2 unspecified atom stereocenters. The maximum Gasteiger partial charge on any atom is 0.0942 e. The first-order valence-corrected chi connectivity index (χ1v) is 6.69. The highest BCUT2D eigenvalue weighted by Crippen LogP contribution is 2.21. The molecule has 0 saturated carbocycles. The summed E-state index contributed by atoms with van der Waals surface area (Å²) in [4.78, 5) is 0. The van der Waals surface area contributed by atoms with Crippen LogP contribution in [0.4, 0.5) is 0 Å². The first-order chi connectivity index (χ1) is 8.60. The van der Waals surface area contributed by atoms with E-state index in [2.05, 4.69) is 32.2 Å². The van der Waals surface area contributed by atoms with Gasteiger partial charge >= 0.3 is 0 Å². The fourth-order valence-corrected chi connectivity index (χ4v) is 2.03. The second-order valence-corrected chi connectivity index (χ2v) is 4.83. The molecule has 0 aliphatic rings. The Morgan fingerprint density at radius 2 is 1.94 bits per heavy atom. The number of rotatable bonds is 7. The van der Waals surface area contributed by atoms with Crippen LogP contribution in [-0.2, 0) is 0 Å². The van der Waals surface area contributed by atoms with Crippen molar-refractivity contribution >= 4 is 0 Å². The maximum absolute atomic E-state index is 10.4. The van der Waals surface area contributed by atoms with Crippen LogP contribution in [0.2, 0.25) is 0 Å². The third-order valence-electron chi connectivity index (χ3n) is 3.43. The molecule has 0 amide bonds. The summed E-state index contributed by atoms with van der Waals surface area (Å²) in [7, 11) is 0. The van der Waals surface area contributed by atoms with Crippen molar-refractivity contribution < 1.29 is 10.2 Å². The number of aliphatic hydroxyl groups is 2. The van der Waals surface area contributed by atoms with Gasteiger partial charge in [-0.05, 0) is 49.9 Å². The summed E-state index contributed by atoms with van der Waals surface area (Å²) < 4.78 is 0. The van der Waals surface area contributed by atoms with Gasteiger partial charge in [0.25, 0.3) is 0 Å². The molecule has 0 aromatic heterocycles. The Morgan fingerprint density at radius 1 is 1.22 bits per heavy atom. The van der Waals surface area contributed by atoms with Crippen LogP contribution in [0.15, 0.2) is 18.2 Å². The second kappa shape index (κ2) is 7.52. The molecular formula is C15H25NO2. The SMILES string of the molecule is CCC(NCCCO)C(O)c1ccc(C)c(C)c1. The molecular weight excluding hydrogens is 226 g/mol. The van der Waals surface area contributed by atoms with Crippen molar-refractivity contribution in [3.05, 3.63) is 34.9 Å². The minimum Gasteiger partial charge on any atom is -0.396 e. The minimum atomic E-state index is -0.493. The predicted molar refractivity (Wildman–Crippen MR) is 74.7 cm³/mol. The van der Waals surface area contributed by atoms with Gasteiger partial charge < -0.3 is 15.5 Å². The lowest BCUT2D eigenvalue weighted by Gasteiger charge is -2.24. The van der Waals surface area contributed by atoms with Gasteiger partial charge in [-0.15, -0.1) is 0 Å². The van der Waals surface area contributed by atoms with Crippen molar-refractivity contribution in [2.75, 3.05) is 13.2 Å². The van der Waals surface area contributed by atoms with Crippen molar-refractivity contribution in [1.29, 1.82) is 0 Å². The van der Waals surface area contributed by atoms with Gasteiger partial charge in [0.15, 0.2) is 0 Å². The smallest absolute Gasteiger partial charge is 0.0942 e. The first-order valence-electron chi connectivity index (χ1n) is 6.69. The van der Waals surface area contributed by atoms with Crippen LogP contribution in [0.1, 0.15) is 42.6 Å². The van der Waals surface area contributed by atoms with Gasteiger partial charge in [-0.2, -0.15) is 0 Å². The third kappa shape index (κ3) is 4.09. The van der Waals surface area contributed by atoms with E-state index < -0.39 is 6.10 Å². The van der Waals surface area contributed by atoms with E-state index in [0.717, 1.165) is 24.9 Å². The Hall–Kier alpha value is -0.900. The van der Waals surface area contributed by atoms with Crippen molar-refractivity contribution in [1.82, 2.24) is 5.32 Å². The van der Waals surface area contributed by atoms with Gasteiger partial charge in [0.1, 0.15) is 0 Å². The van der Waals surface area contributed by atoms with E-state index in [1.807, 2.05) is 12.1 Å². The zero-order valence-electron chi connectivity index (χ0n) is 11.6. The Balaban J connectivity index is 2.69.